The van der Waals surface area contributed by atoms with Crippen LogP contribution in [0.25, 0.3) is 0 Å². The maximum absolute atomic E-state index is 14.1. The van der Waals surface area contributed by atoms with Gasteiger partial charge in [-0.2, -0.15) is 0 Å². The van der Waals surface area contributed by atoms with Gasteiger partial charge in [0.25, 0.3) is 0 Å². The average Bonchev–Trinajstić information content (AvgIpc) is 2.90. The summed E-state index contributed by atoms with van der Waals surface area (Å²) in [5, 5.41) is 3.23. The van der Waals surface area contributed by atoms with Gasteiger partial charge in [0, 0.05) is 11.1 Å². The minimum absolute atomic E-state index is 0.191. The SMILES string of the molecule is O=C1NC(c2ccccc2)(c2ccccc2)N(Cc2ccccc2)C(=O)N1Cc1ccccc1. The first-order chi connectivity index (χ1) is 16.7. The fourth-order valence-corrected chi connectivity index (χ4v) is 4.50. The second-order valence-corrected chi connectivity index (χ2v) is 8.30. The summed E-state index contributed by atoms with van der Waals surface area (Å²) < 4.78 is 0. The molecule has 0 bridgehead atoms. The molecule has 0 saturated carbocycles. The van der Waals surface area contributed by atoms with Gasteiger partial charge in [0.1, 0.15) is 0 Å². The van der Waals surface area contributed by atoms with Gasteiger partial charge >= 0.3 is 12.1 Å². The Kier molecular flexibility index (Phi) is 5.83. The Morgan fingerprint density at radius 1 is 0.559 bits per heavy atom. The Morgan fingerprint density at radius 3 is 1.44 bits per heavy atom. The molecule has 0 atom stereocenters. The molecule has 0 aliphatic carbocycles. The third-order valence-electron chi connectivity index (χ3n) is 6.15. The summed E-state index contributed by atoms with van der Waals surface area (Å²) >= 11 is 0. The zero-order valence-corrected chi connectivity index (χ0v) is 18.7. The van der Waals surface area contributed by atoms with Gasteiger partial charge in [-0.1, -0.05) is 121 Å². The molecule has 1 aliphatic rings. The van der Waals surface area contributed by atoms with Crippen LogP contribution < -0.4 is 5.32 Å². The van der Waals surface area contributed by atoms with Crippen LogP contribution in [-0.2, 0) is 18.8 Å². The van der Waals surface area contributed by atoms with Crippen LogP contribution in [0.4, 0.5) is 9.59 Å². The molecule has 34 heavy (non-hydrogen) atoms. The van der Waals surface area contributed by atoms with Crippen molar-refractivity contribution in [3.8, 4) is 0 Å². The number of hydrogen-bond acceptors (Lipinski definition) is 2. The number of amides is 4. The van der Waals surface area contributed by atoms with Crippen LogP contribution in [0, 0.1) is 0 Å². The Morgan fingerprint density at radius 2 is 0.971 bits per heavy atom. The average molecular weight is 448 g/mol. The minimum Gasteiger partial charge on any atom is -0.307 e. The molecule has 1 saturated heterocycles. The molecule has 1 N–H and O–H groups in total. The van der Waals surface area contributed by atoms with Crippen molar-refractivity contribution in [3.63, 3.8) is 0 Å². The van der Waals surface area contributed by atoms with Crippen molar-refractivity contribution in [2.24, 2.45) is 0 Å². The summed E-state index contributed by atoms with van der Waals surface area (Å²) in [4.78, 5) is 30.7. The van der Waals surface area contributed by atoms with Crippen molar-refractivity contribution >= 4 is 12.1 Å². The van der Waals surface area contributed by atoms with Gasteiger partial charge < -0.3 is 5.32 Å². The van der Waals surface area contributed by atoms with E-state index >= 15 is 0 Å². The molecule has 5 rings (SSSR count). The van der Waals surface area contributed by atoms with Gasteiger partial charge in [0.2, 0.25) is 0 Å². The summed E-state index contributed by atoms with van der Waals surface area (Å²) in [5.41, 5.74) is 2.34. The molecule has 0 unspecified atom stereocenters. The Bertz CT molecular complexity index is 1220. The topological polar surface area (TPSA) is 52.7 Å². The standard InChI is InChI=1S/C29H25N3O2/c33-27-30-29(25-17-9-3-10-18-25,26-19-11-4-12-20-26)32(22-24-15-7-2-8-16-24)28(34)31(27)21-23-13-5-1-6-14-23/h1-20H,21-22H2,(H,30,33). The highest BCUT2D eigenvalue weighted by atomic mass is 16.2. The fraction of sp³-hybridized carbons (Fsp3) is 0.103. The van der Waals surface area contributed by atoms with Crippen LogP contribution >= 0.6 is 0 Å². The molecular formula is C29H25N3O2. The minimum atomic E-state index is -1.15. The van der Waals surface area contributed by atoms with E-state index in [1.165, 1.54) is 4.90 Å². The number of urea groups is 2. The number of carbonyl (C=O) groups is 2. The molecule has 1 heterocycles. The van der Waals surface area contributed by atoms with Crippen LogP contribution in [0.5, 0.6) is 0 Å². The van der Waals surface area contributed by atoms with E-state index in [0.717, 1.165) is 22.3 Å². The van der Waals surface area contributed by atoms with Crippen molar-refractivity contribution in [2.45, 2.75) is 18.8 Å². The largest absolute Gasteiger partial charge is 0.331 e. The molecule has 4 aromatic rings. The molecule has 168 valence electrons. The van der Waals surface area contributed by atoms with Gasteiger partial charge in [-0.25, -0.2) is 14.5 Å². The van der Waals surface area contributed by atoms with Crippen molar-refractivity contribution in [3.05, 3.63) is 144 Å². The van der Waals surface area contributed by atoms with E-state index in [2.05, 4.69) is 5.32 Å². The van der Waals surface area contributed by atoms with E-state index < -0.39 is 11.7 Å². The maximum atomic E-state index is 14.1. The molecule has 5 heteroatoms. The summed E-state index contributed by atoms with van der Waals surface area (Å²) in [5.74, 6) is 0. The van der Waals surface area contributed by atoms with Crippen molar-refractivity contribution in [1.29, 1.82) is 0 Å². The molecular weight excluding hydrogens is 422 g/mol. The van der Waals surface area contributed by atoms with Gasteiger partial charge in [-0.15, -0.1) is 0 Å². The summed E-state index contributed by atoms with van der Waals surface area (Å²) in [6, 6.07) is 38.0. The van der Waals surface area contributed by atoms with Crippen molar-refractivity contribution in [1.82, 2.24) is 15.1 Å². The predicted molar refractivity (Wildman–Crippen MR) is 132 cm³/mol. The molecule has 0 radical (unpaired) electrons. The monoisotopic (exact) mass is 447 g/mol. The van der Waals surface area contributed by atoms with Crippen LogP contribution in [0.15, 0.2) is 121 Å². The molecule has 1 aliphatic heterocycles. The third-order valence-corrected chi connectivity index (χ3v) is 6.15. The molecule has 1 fully saturated rings. The van der Waals surface area contributed by atoms with E-state index in [4.69, 9.17) is 0 Å². The number of benzene rings is 4. The lowest BCUT2D eigenvalue weighted by Gasteiger charge is -2.50. The van der Waals surface area contributed by atoms with Gasteiger partial charge in [-0.05, 0) is 11.1 Å². The normalized spacial score (nSPS) is 15.2. The highest BCUT2D eigenvalue weighted by molar-refractivity contribution is 5.97. The zero-order chi connectivity index (χ0) is 23.4. The van der Waals surface area contributed by atoms with E-state index in [9.17, 15) is 9.59 Å². The van der Waals surface area contributed by atoms with Gasteiger partial charge in [0.05, 0.1) is 13.1 Å². The summed E-state index contributed by atoms with van der Waals surface area (Å²) in [6.45, 7) is 0.519. The van der Waals surface area contributed by atoms with E-state index in [1.54, 1.807) is 4.90 Å². The smallest absolute Gasteiger partial charge is 0.307 e. The molecule has 4 amide bonds. The zero-order valence-electron chi connectivity index (χ0n) is 18.7. The number of rotatable bonds is 6. The van der Waals surface area contributed by atoms with Crippen LogP contribution in [0.2, 0.25) is 0 Å². The van der Waals surface area contributed by atoms with Crippen molar-refractivity contribution in [2.75, 3.05) is 0 Å². The Hall–Kier alpha value is -4.38. The molecule has 0 spiro atoms. The molecule has 5 nitrogen and oxygen atoms in total. The first-order valence-electron chi connectivity index (χ1n) is 11.3. The Balaban J connectivity index is 1.66. The first-order valence-corrected chi connectivity index (χ1v) is 11.3. The Labute approximate surface area is 199 Å². The highest BCUT2D eigenvalue weighted by Crippen LogP contribution is 2.38. The van der Waals surface area contributed by atoms with Crippen LogP contribution in [-0.4, -0.2) is 21.9 Å². The highest BCUT2D eigenvalue weighted by Gasteiger charge is 2.51. The van der Waals surface area contributed by atoms with Crippen LogP contribution in [0.3, 0.4) is 0 Å². The maximum Gasteiger partial charge on any atom is 0.331 e. The molecule has 4 aromatic carbocycles. The van der Waals surface area contributed by atoms with Gasteiger partial charge in [0.15, 0.2) is 5.66 Å². The number of nitrogens with one attached hydrogen (secondary N) is 1. The number of imide groups is 1. The lowest BCUT2D eigenvalue weighted by Crippen LogP contribution is -2.70. The van der Waals surface area contributed by atoms with E-state index in [1.807, 2.05) is 121 Å². The van der Waals surface area contributed by atoms with E-state index in [0.29, 0.717) is 6.54 Å². The second-order valence-electron chi connectivity index (χ2n) is 8.30. The summed E-state index contributed by atoms with van der Waals surface area (Å²) in [7, 11) is 0. The number of hydrogen-bond donors (Lipinski definition) is 1. The number of nitrogens with zero attached hydrogens (tertiary/aromatic N) is 2. The second kappa shape index (κ2) is 9.24. The number of carbonyl (C=O) groups excluding carboxylic acids is 2. The lowest BCUT2D eigenvalue weighted by molar-refractivity contribution is 0.0574. The first kappa shape index (κ1) is 21.5. The third kappa shape index (κ3) is 3.92. The van der Waals surface area contributed by atoms with Gasteiger partial charge in [-0.3, -0.25) is 4.90 Å². The summed E-state index contributed by atoms with van der Waals surface area (Å²) in [6.07, 6.45) is 0. The van der Waals surface area contributed by atoms with Crippen molar-refractivity contribution < 1.29 is 9.59 Å². The quantitative estimate of drug-likeness (QED) is 0.410. The van der Waals surface area contributed by atoms with E-state index in [-0.39, 0.29) is 12.6 Å². The van der Waals surface area contributed by atoms with Crippen LogP contribution in [0.1, 0.15) is 22.3 Å². The predicted octanol–water partition coefficient (Wildman–Crippen LogP) is 5.74. The molecule has 0 aromatic heterocycles. The fourth-order valence-electron chi connectivity index (χ4n) is 4.50. The lowest BCUT2D eigenvalue weighted by atomic mass is 9.88.